The number of halogens is 1. The lowest BCUT2D eigenvalue weighted by atomic mass is 10.3. The molecule has 1 aromatic rings. The van der Waals surface area contributed by atoms with E-state index in [-0.39, 0.29) is 5.91 Å². The maximum atomic E-state index is 12.0. The highest BCUT2D eigenvalue weighted by molar-refractivity contribution is 6.31. The molecule has 0 bridgehead atoms. The number of hydrogen-bond donors (Lipinski definition) is 1. The second kappa shape index (κ2) is 8.45. The third-order valence-electron chi connectivity index (χ3n) is 2.59. The van der Waals surface area contributed by atoms with E-state index < -0.39 is 0 Å². The molecule has 6 nitrogen and oxygen atoms in total. The Kier molecular flexibility index (Phi) is 6.85. The molecule has 7 heteroatoms. The fourth-order valence-electron chi connectivity index (χ4n) is 1.74. The molecule has 0 aromatic carbocycles. The van der Waals surface area contributed by atoms with Crippen molar-refractivity contribution in [2.75, 3.05) is 13.1 Å². The van der Waals surface area contributed by atoms with Crippen LogP contribution in [0.1, 0.15) is 36.7 Å². The lowest BCUT2D eigenvalue weighted by Gasteiger charge is -2.08. The summed E-state index contributed by atoms with van der Waals surface area (Å²) in [5, 5.41) is 6.84. The van der Waals surface area contributed by atoms with E-state index in [1.807, 2.05) is 11.5 Å². The number of rotatable bonds is 8. The van der Waals surface area contributed by atoms with Crippen molar-refractivity contribution in [3.63, 3.8) is 0 Å². The minimum absolute atomic E-state index is 0.121. The van der Waals surface area contributed by atoms with Gasteiger partial charge in [-0.25, -0.2) is 0 Å². The minimum atomic E-state index is -0.121. The van der Waals surface area contributed by atoms with Gasteiger partial charge in [0.1, 0.15) is 5.69 Å². The molecular formula is C12H18ClN5O. The van der Waals surface area contributed by atoms with Crippen molar-refractivity contribution in [2.45, 2.75) is 32.7 Å². The summed E-state index contributed by atoms with van der Waals surface area (Å²) in [6.07, 6.45) is 4.26. The molecule has 1 amide bonds. The van der Waals surface area contributed by atoms with Crippen molar-refractivity contribution in [1.29, 1.82) is 0 Å². The highest BCUT2D eigenvalue weighted by atomic mass is 35.5. The molecule has 0 atom stereocenters. The monoisotopic (exact) mass is 283 g/mol. The molecule has 0 aliphatic carbocycles. The molecule has 0 radical (unpaired) electrons. The Morgan fingerprint density at radius 2 is 2.37 bits per heavy atom. The van der Waals surface area contributed by atoms with Crippen LogP contribution in [-0.2, 0) is 6.54 Å². The molecule has 19 heavy (non-hydrogen) atoms. The third kappa shape index (κ3) is 5.24. The zero-order valence-electron chi connectivity index (χ0n) is 11.0. The van der Waals surface area contributed by atoms with Crippen molar-refractivity contribution < 1.29 is 4.79 Å². The Bertz CT molecular complexity index is 465. The Balaban J connectivity index is 2.42. The molecule has 0 aliphatic rings. The van der Waals surface area contributed by atoms with Gasteiger partial charge in [-0.1, -0.05) is 23.6 Å². The molecule has 0 unspecified atom stereocenters. The summed E-state index contributed by atoms with van der Waals surface area (Å²) in [5.41, 5.74) is 8.70. The number of carbonyl (C=O) groups excluding carboxylic acids is 1. The van der Waals surface area contributed by atoms with Crippen LogP contribution in [-0.4, -0.2) is 23.6 Å². The van der Waals surface area contributed by atoms with Crippen LogP contribution in [0.15, 0.2) is 17.4 Å². The van der Waals surface area contributed by atoms with Crippen molar-refractivity contribution in [2.24, 2.45) is 5.11 Å². The lowest BCUT2D eigenvalue weighted by Crippen LogP contribution is -2.26. The summed E-state index contributed by atoms with van der Waals surface area (Å²) in [6.45, 7) is 3.84. The maximum absolute atomic E-state index is 12.0. The first-order valence-corrected chi connectivity index (χ1v) is 6.71. The number of azide groups is 1. The lowest BCUT2D eigenvalue weighted by molar-refractivity contribution is 0.0943. The molecule has 0 saturated heterocycles. The van der Waals surface area contributed by atoms with Gasteiger partial charge in [-0.3, -0.25) is 4.79 Å². The standard InChI is InChI=1S/C12H18ClN5O/c1-2-7-18-9-10(13)8-11(18)12(19)15-5-3-4-6-16-17-14/h8-9H,2-7H2,1H3,(H,15,19). The second-order valence-electron chi connectivity index (χ2n) is 4.15. The van der Waals surface area contributed by atoms with Crippen LogP contribution in [0, 0.1) is 0 Å². The van der Waals surface area contributed by atoms with Crippen LogP contribution in [0.5, 0.6) is 0 Å². The molecule has 104 valence electrons. The average Bonchev–Trinajstić information content (AvgIpc) is 2.75. The number of hydrogen-bond acceptors (Lipinski definition) is 2. The average molecular weight is 284 g/mol. The first-order chi connectivity index (χ1) is 9.19. The number of nitrogens with zero attached hydrogens (tertiary/aromatic N) is 4. The molecule has 1 rings (SSSR count). The van der Waals surface area contributed by atoms with Gasteiger partial charge in [-0.05, 0) is 30.9 Å². The summed E-state index contributed by atoms with van der Waals surface area (Å²) in [4.78, 5) is 14.6. The van der Waals surface area contributed by atoms with Crippen LogP contribution in [0.2, 0.25) is 5.02 Å². The van der Waals surface area contributed by atoms with Gasteiger partial charge < -0.3 is 9.88 Å². The summed E-state index contributed by atoms with van der Waals surface area (Å²) < 4.78 is 1.86. The zero-order valence-corrected chi connectivity index (χ0v) is 11.7. The Morgan fingerprint density at radius 3 is 3.05 bits per heavy atom. The van der Waals surface area contributed by atoms with E-state index in [0.717, 1.165) is 25.8 Å². The van der Waals surface area contributed by atoms with Gasteiger partial charge >= 0.3 is 0 Å². The van der Waals surface area contributed by atoms with E-state index in [9.17, 15) is 4.79 Å². The molecule has 0 saturated carbocycles. The first-order valence-electron chi connectivity index (χ1n) is 6.33. The quantitative estimate of drug-likeness (QED) is 0.337. The third-order valence-corrected chi connectivity index (χ3v) is 2.80. The fraction of sp³-hybridized carbons (Fsp3) is 0.583. The number of unbranched alkanes of at least 4 members (excludes halogenated alkanes) is 1. The van der Waals surface area contributed by atoms with Crippen molar-refractivity contribution in [3.8, 4) is 0 Å². The second-order valence-corrected chi connectivity index (χ2v) is 4.59. The number of carbonyl (C=O) groups is 1. The largest absolute Gasteiger partial charge is 0.351 e. The summed E-state index contributed by atoms with van der Waals surface area (Å²) in [7, 11) is 0. The van der Waals surface area contributed by atoms with Gasteiger partial charge in [0, 0.05) is 30.7 Å². The molecule has 1 N–H and O–H groups in total. The number of aromatic nitrogens is 1. The van der Waals surface area contributed by atoms with Gasteiger partial charge in [0.2, 0.25) is 0 Å². The number of amides is 1. The molecule has 0 fully saturated rings. The first kappa shape index (κ1) is 15.4. The molecule has 0 aliphatic heterocycles. The predicted octanol–water partition coefficient (Wildman–Crippen LogP) is 3.37. The van der Waals surface area contributed by atoms with E-state index in [2.05, 4.69) is 15.3 Å². The summed E-state index contributed by atoms with van der Waals surface area (Å²) in [5.74, 6) is -0.121. The van der Waals surface area contributed by atoms with E-state index in [1.165, 1.54) is 0 Å². The number of nitrogens with one attached hydrogen (secondary N) is 1. The highest BCUT2D eigenvalue weighted by Gasteiger charge is 2.11. The van der Waals surface area contributed by atoms with E-state index >= 15 is 0 Å². The van der Waals surface area contributed by atoms with E-state index in [0.29, 0.717) is 23.8 Å². The summed E-state index contributed by atoms with van der Waals surface area (Å²) >= 11 is 5.92. The van der Waals surface area contributed by atoms with Crippen molar-refractivity contribution in [3.05, 3.63) is 33.4 Å². The molecule has 0 spiro atoms. The van der Waals surface area contributed by atoms with E-state index in [1.54, 1.807) is 12.3 Å². The SMILES string of the molecule is CCCn1cc(Cl)cc1C(=O)NCCCCN=[N+]=[N-]. The van der Waals surface area contributed by atoms with Crippen LogP contribution in [0.4, 0.5) is 0 Å². The Labute approximate surface area is 117 Å². The Morgan fingerprint density at radius 1 is 1.58 bits per heavy atom. The normalized spacial score (nSPS) is 10.0. The Hall–Kier alpha value is -1.65. The van der Waals surface area contributed by atoms with Gasteiger partial charge in [-0.2, -0.15) is 0 Å². The van der Waals surface area contributed by atoms with Crippen LogP contribution in [0.3, 0.4) is 0 Å². The minimum Gasteiger partial charge on any atom is -0.351 e. The van der Waals surface area contributed by atoms with Crippen LogP contribution >= 0.6 is 11.6 Å². The molecule has 1 aromatic heterocycles. The van der Waals surface area contributed by atoms with Gasteiger partial charge in [-0.15, -0.1) is 0 Å². The molecular weight excluding hydrogens is 266 g/mol. The van der Waals surface area contributed by atoms with Gasteiger partial charge in [0.05, 0.1) is 5.02 Å². The molecule has 1 heterocycles. The van der Waals surface area contributed by atoms with Crippen molar-refractivity contribution in [1.82, 2.24) is 9.88 Å². The topological polar surface area (TPSA) is 82.8 Å². The maximum Gasteiger partial charge on any atom is 0.267 e. The van der Waals surface area contributed by atoms with Gasteiger partial charge in [0.15, 0.2) is 0 Å². The van der Waals surface area contributed by atoms with Gasteiger partial charge in [0.25, 0.3) is 5.91 Å². The van der Waals surface area contributed by atoms with Crippen LogP contribution < -0.4 is 5.32 Å². The smallest absolute Gasteiger partial charge is 0.267 e. The van der Waals surface area contributed by atoms with Crippen molar-refractivity contribution >= 4 is 17.5 Å². The summed E-state index contributed by atoms with van der Waals surface area (Å²) in [6, 6.07) is 1.67. The zero-order chi connectivity index (χ0) is 14.1. The van der Waals surface area contributed by atoms with Crippen LogP contribution in [0.25, 0.3) is 10.4 Å². The highest BCUT2D eigenvalue weighted by Crippen LogP contribution is 2.14. The predicted molar refractivity (Wildman–Crippen MR) is 75.3 cm³/mol. The fourth-order valence-corrected chi connectivity index (χ4v) is 1.96. The van der Waals surface area contributed by atoms with E-state index in [4.69, 9.17) is 17.1 Å². The number of aryl methyl sites for hydroxylation is 1.